The van der Waals surface area contributed by atoms with Crippen molar-refractivity contribution in [3.05, 3.63) is 58.1 Å². The first-order valence-corrected chi connectivity index (χ1v) is 6.10. The Labute approximate surface area is 111 Å². The highest BCUT2D eigenvalue weighted by Gasteiger charge is 2.09. The summed E-state index contributed by atoms with van der Waals surface area (Å²) in [5, 5.41) is 19.0. The lowest BCUT2D eigenvalue weighted by atomic mass is 9.97. The fourth-order valence-electron chi connectivity index (χ4n) is 2.00. The Kier molecular flexibility index (Phi) is 3.71. The van der Waals surface area contributed by atoms with Gasteiger partial charge in [0.05, 0.1) is 0 Å². The summed E-state index contributed by atoms with van der Waals surface area (Å²) in [6.45, 7) is 3.95. The minimum Gasteiger partial charge on any atom is -0.364 e. The highest BCUT2D eigenvalue weighted by atomic mass is 35.5. The molecule has 0 aromatic heterocycles. The van der Waals surface area contributed by atoms with Crippen molar-refractivity contribution >= 4 is 11.6 Å². The smallest absolute Gasteiger partial charge is 0.178 e. The van der Waals surface area contributed by atoms with Gasteiger partial charge in [0.15, 0.2) is 6.29 Å². The zero-order chi connectivity index (χ0) is 13.3. The summed E-state index contributed by atoms with van der Waals surface area (Å²) in [6, 6.07) is 11.2. The number of benzene rings is 2. The van der Waals surface area contributed by atoms with E-state index in [0.29, 0.717) is 10.6 Å². The van der Waals surface area contributed by atoms with Gasteiger partial charge in [-0.25, -0.2) is 0 Å². The molecule has 0 aliphatic rings. The van der Waals surface area contributed by atoms with Crippen LogP contribution in [0, 0.1) is 13.8 Å². The van der Waals surface area contributed by atoms with E-state index in [1.165, 1.54) is 0 Å². The van der Waals surface area contributed by atoms with Crippen LogP contribution in [-0.2, 0) is 0 Å². The fourth-order valence-corrected chi connectivity index (χ4v) is 2.21. The second-order valence-electron chi connectivity index (χ2n) is 4.43. The number of aliphatic hydroxyl groups excluding tert-OH is 1. The summed E-state index contributed by atoms with van der Waals surface area (Å²) in [6.07, 6.45) is -1.44. The molecule has 0 bridgehead atoms. The van der Waals surface area contributed by atoms with Crippen molar-refractivity contribution in [1.82, 2.24) is 0 Å². The molecule has 94 valence electrons. The molecule has 2 aromatic rings. The first kappa shape index (κ1) is 13.1. The first-order valence-electron chi connectivity index (χ1n) is 5.72. The lowest BCUT2D eigenvalue weighted by Crippen LogP contribution is -1.96. The number of rotatable bonds is 2. The van der Waals surface area contributed by atoms with E-state index in [0.717, 1.165) is 22.3 Å². The van der Waals surface area contributed by atoms with E-state index in [4.69, 9.17) is 21.8 Å². The van der Waals surface area contributed by atoms with Crippen molar-refractivity contribution in [3.8, 4) is 11.1 Å². The molecule has 3 heteroatoms. The zero-order valence-corrected chi connectivity index (χ0v) is 11.1. The molecule has 0 saturated heterocycles. The molecular weight excluding hydrogens is 248 g/mol. The standard InChI is InChI=1S/C15H15ClO2/c1-9-3-6-14(16)13(7-9)12-5-4-11(15(17)18)8-10(12)2/h3-8,15,17-18H,1-2H3. The maximum atomic E-state index is 9.14. The van der Waals surface area contributed by atoms with Crippen LogP contribution in [0.1, 0.15) is 23.0 Å². The topological polar surface area (TPSA) is 40.5 Å². The number of hydrogen-bond donors (Lipinski definition) is 2. The van der Waals surface area contributed by atoms with E-state index in [2.05, 4.69) is 0 Å². The Bertz CT molecular complexity index is 577. The van der Waals surface area contributed by atoms with Gasteiger partial charge in [0.2, 0.25) is 0 Å². The van der Waals surface area contributed by atoms with Crippen LogP contribution in [0.15, 0.2) is 36.4 Å². The summed E-state index contributed by atoms with van der Waals surface area (Å²) in [5.74, 6) is 0. The maximum absolute atomic E-state index is 9.14. The molecule has 2 nitrogen and oxygen atoms in total. The SMILES string of the molecule is Cc1ccc(Cl)c(-c2ccc(C(O)O)cc2C)c1. The molecule has 0 spiro atoms. The van der Waals surface area contributed by atoms with E-state index in [-0.39, 0.29) is 0 Å². The molecule has 18 heavy (non-hydrogen) atoms. The first-order chi connectivity index (χ1) is 8.49. The second-order valence-corrected chi connectivity index (χ2v) is 4.84. The highest BCUT2D eigenvalue weighted by molar-refractivity contribution is 6.33. The molecule has 0 heterocycles. The Morgan fingerprint density at radius 1 is 0.944 bits per heavy atom. The predicted molar refractivity (Wildman–Crippen MR) is 73.5 cm³/mol. The molecule has 0 radical (unpaired) electrons. The highest BCUT2D eigenvalue weighted by Crippen LogP contribution is 2.32. The molecular formula is C15H15ClO2. The molecule has 0 aliphatic heterocycles. The summed E-state index contributed by atoms with van der Waals surface area (Å²) >= 11 is 6.21. The van der Waals surface area contributed by atoms with Crippen LogP contribution >= 0.6 is 11.6 Å². The molecule has 2 N–H and O–H groups in total. The monoisotopic (exact) mass is 262 g/mol. The molecule has 2 rings (SSSR count). The molecule has 0 fully saturated rings. The van der Waals surface area contributed by atoms with Gasteiger partial charge in [-0.1, -0.05) is 41.4 Å². The Hall–Kier alpha value is -1.35. The third-order valence-corrected chi connectivity index (χ3v) is 3.29. The minimum absolute atomic E-state index is 0.486. The summed E-state index contributed by atoms with van der Waals surface area (Å²) < 4.78 is 0. The molecule has 0 aliphatic carbocycles. The number of hydrogen-bond acceptors (Lipinski definition) is 2. The molecule has 0 unspecified atom stereocenters. The van der Waals surface area contributed by atoms with Crippen molar-refractivity contribution < 1.29 is 10.2 Å². The van der Waals surface area contributed by atoms with Crippen molar-refractivity contribution in [1.29, 1.82) is 0 Å². The van der Waals surface area contributed by atoms with Crippen LogP contribution < -0.4 is 0 Å². The van der Waals surface area contributed by atoms with Gasteiger partial charge in [0.1, 0.15) is 0 Å². The maximum Gasteiger partial charge on any atom is 0.178 e. The van der Waals surface area contributed by atoms with Crippen LogP contribution in [0.4, 0.5) is 0 Å². The van der Waals surface area contributed by atoms with Crippen molar-refractivity contribution in [2.24, 2.45) is 0 Å². The van der Waals surface area contributed by atoms with Crippen LogP contribution in [0.2, 0.25) is 5.02 Å². The number of aryl methyl sites for hydroxylation is 2. The molecule has 2 aromatic carbocycles. The summed E-state index contributed by atoms with van der Waals surface area (Å²) in [5.41, 5.74) is 4.56. The lowest BCUT2D eigenvalue weighted by molar-refractivity contribution is -0.0425. The zero-order valence-electron chi connectivity index (χ0n) is 10.3. The largest absolute Gasteiger partial charge is 0.364 e. The third-order valence-electron chi connectivity index (χ3n) is 2.96. The van der Waals surface area contributed by atoms with Crippen LogP contribution in [0.5, 0.6) is 0 Å². The van der Waals surface area contributed by atoms with E-state index >= 15 is 0 Å². The quantitative estimate of drug-likeness (QED) is 0.812. The van der Waals surface area contributed by atoms with Gasteiger partial charge in [-0.3, -0.25) is 0 Å². The average molecular weight is 263 g/mol. The van der Waals surface area contributed by atoms with Gasteiger partial charge in [-0.2, -0.15) is 0 Å². The molecule has 0 amide bonds. The van der Waals surface area contributed by atoms with Gasteiger partial charge < -0.3 is 10.2 Å². The Morgan fingerprint density at radius 2 is 1.67 bits per heavy atom. The molecule has 0 atom stereocenters. The van der Waals surface area contributed by atoms with E-state index in [1.54, 1.807) is 12.1 Å². The van der Waals surface area contributed by atoms with E-state index in [9.17, 15) is 0 Å². The number of aliphatic hydroxyl groups is 2. The van der Waals surface area contributed by atoms with Crippen LogP contribution in [0.25, 0.3) is 11.1 Å². The van der Waals surface area contributed by atoms with Crippen LogP contribution in [0.3, 0.4) is 0 Å². The Morgan fingerprint density at radius 3 is 2.28 bits per heavy atom. The van der Waals surface area contributed by atoms with E-state index in [1.807, 2.05) is 38.1 Å². The second kappa shape index (κ2) is 5.11. The van der Waals surface area contributed by atoms with Crippen molar-refractivity contribution in [2.75, 3.05) is 0 Å². The summed E-state index contributed by atoms with van der Waals surface area (Å²) in [7, 11) is 0. The van der Waals surface area contributed by atoms with Gasteiger partial charge >= 0.3 is 0 Å². The Balaban J connectivity index is 2.54. The number of halogens is 1. The van der Waals surface area contributed by atoms with Gasteiger partial charge in [-0.15, -0.1) is 0 Å². The predicted octanol–water partition coefficient (Wildman–Crippen LogP) is 3.61. The van der Waals surface area contributed by atoms with Gasteiger partial charge in [-0.05, 0) is 37.1 Å². The van der Waals surface area contributed by atoms with Crippen LogP contribution in [-0.4, -0.2) is 10.2 Å². The minimum atomic E-state index is -1.44. The van der Waals surface area contributed by atoms with E-state index < -0.39 is 6.29 Å². The van der Waals surface area contributed by atoms with Gasteiger partial charge in [0, 0.05) is 16.1 Å². The van der Waals surface area contributed by atoms with Gasteiger partial charge in [0.25, 0.3) is 0 Å². The third kappa shape index (κ3) is 2.56. The lowest BCUT2D eigenvalue weighted by Gasteiger charge is -2.12. The fraction of sp³-hybridized carbons (Fsp3) is 0.200. The average Bonchev–Trinajstić information content (AvgIpc) is 2.32. The normalized spacial score (nSPS) is 11.0. The molecule has 0 saturated carbocycles. The summed E-state index contributed by atoms with van der Waals surface area (Å²) in [4.78, 5) is 0. The van der Waals surface area contributed by atoms with Crippen molar-refractivity contribution in [2.45, 2.75) is 20.1 Å². The van der Waals surface area contributed by atoms with Crippen molar-refractivity contribution in [3.63, 3.8) is 0 Å².